The number of nitrogen functional groups attached to an aromatic ring is 1. The number of ether oxygens (including phenoxy) is 1. The number of hydrogen-bond acceptors (Lipinski definition) is 5. The molecule has 1 aliphatic rings. The molecule has 1 fully saturated rings. The summed E-state index contributed by atoms with van der Waals surface area (Å²) in [6.45, 7) is 2.29. The van der Waals surface area contributed by atoms with Gasteiger partial charge >= 0.3 is 0 Å². The zero-order valence-electron chi connectivity index (χ0n) is 10.4. The molecule has 3 N–H and O–H groups in total. The van der Waals surface area contributed by atoms with Gasteiger partial charge in [0.1, 0.15) is 6.33 Å². The zero-order chi connectivity index (χ0) is 12.3. The molecule has 0 bridgehead atoms. The quantitative estimate of drug-likeness (QED) is 0.840. The molecule has 1 aromatic rings. The van der Waals surface area contributed by atoms with E-state index < -0.39 is 0 Å². The molecule has 1 saturated carbocycles. The Morgan fingerprint density at radius 2 is 2.24 bits per heavy atom. The molecule has 0 radical (unpaired) electrons. The predicted octanol–water partition coefficient (Wildman–Crippen LogP) is 2.06. The summed E-state index contributed by atoms with van der Waals surface area (Å²) in [7, 11) is 1.59. The van der Waals surface area contributed by atoms with Gasteiger partial charge in [-0.05, 0) is 18.8 Å². The summed E-state index contributed by atoms with van der Waals surface area (Å²) < 4.78 is 5.23. The standard InChI is InChI=1S/C12H20N4O/c1-8-4-3-5-9(6-8)16-12-10(17-2)11(13)14-7-15-12/h7-9H,3-6H2,1-2H3,(H3,13,14,15,16). The number of nitrogens with two attached hydrogens (primary N) is 1. The maximum absolute atomic E-state index is 5.75. The van der Waals surface area contributed by atoms with Crippen molar-refractivity contribution in [1.82, 2.24) is 9.97 Å². The summed E-state index contributed by atoms with van der Waals surface area (Å²) >= 11 is 0. The van der Waals surface area contributed by atoms with Crippen LogP contribution in [-0.2, 0) is 0 Å². The summed E-state index contributed by atoms with van der Waals surface area (Å²) in [4.78, 5) is 8.12. The second-order valence-corrected chi connectivity index (χ2v) is 4.75. The maximum Gasteiger partial charge on any atom is 0.203 e. The van der Waals surface area contributed by atoms with E-state index in [0.717, 1.165) is 5.92 Å². The fourth-order valence-corrected chi connectivity index (χ4v) is 2.45. The molecule has 0 spiro atoms. The van der Waals surface area contributed by atoms with Crippen LogP contribution in [0.15, 0.2) is 6.33 Å². The van der Waals surface area contributed by atoms with Crippen LogP contribution in [0.4, 0.5) is 11.6 Å². The third-order valence-electron chi connectivity index (χ3n) is 3.31. The molecule has 0 saturated heterocycles. The third kappa shape index (κ3) is 2.78. The molecule has 5 nitrogen and oxygen atoms in total. The lowest BCUT2D eigenvalue weighted by atomic mass is 9.87. The summed E-state index contributed by atoms with van der Waals surface area (Å²) in [6.07, 6.45) is 6.40. The lowest BCUT2D eigenvalue weighted by Gasteiger charge is -2.28. The number of aromatic nitrogens is 2. The first-order chi connectivity index (χ1) is 8.20. The fraction of sp³-hybridized carbons (Fsp3) is 0.667. The monoisotopic (exact) mass is 236 g/mol. The van der Waals surface area contributed by atoms with E-state index in [0.29, 0.717) is 23.4 Å². The van der Waals surface area contributed by atoms with Gasteiger partial charge in [0.25, 0.3) is 0 Å². The van der Waals surface area contributed by atoms with Crippen LogP contribution in [0.3, 0.4) is 0 Å². The van der Waals surface area contributed by atoms with Crippen LogP contribution in [0, 0.1) is 5.92 Å². The highest BCUT2D eigenvalue weighted by Gasteiger charge is 2.20. The molecule has 2 unspecified atom stereocenters. The largest absolute Gasteiger partial charge is 0.490 e. The van der Waals surface area contributed by atoms with E-state index in [1.165, 1.54) is 32.0 Å². The first-order valence-electron chi connectivity index (χ1n) is 6.11. The van der Waals surface area contributed by atoms with E-state index >= 15 is 0 Å². The van der Waals surface area contributed by atoms with E-state index in [2.05, 4.69) is 22.2 Å². The van der Waals surface area contributed by atoms with Crippen LogP contribution < -0.4 is 15.8 Å². The highest BCUT2D eigenvalue weighted by Crippen LogP contribution is 2.31. The van der Waals surface area contributed by atoms with Crippen LogP contribution in [0.2, 0.25) is 0 Å². The Labute approximate surface area is 102 Å². The number of nitrogens with one attached hydrogen (secondary N) is 1. The Kier molecular flexibility index (Phi) is 3.66. The topological polar surface area (TPSA) is 73.1 Å². The summed E-state index contributed by atoms with van der Waals surface area (Å²) in [5.41, 5.74) is 5.75. The first-order valence-corrected chi connectivity index (χ1v) is 6.11. The van der Waals surface area contributed by atoms with Crippen molar-refractivity contribution >= 4 is 11.6 Å². The van der Waals surface area contributed by atoms with Crippen molar-refractivity contribution in [2.24, 2.45) is 5.92 Å². The van der Waals surface area contributed by atoms with Crippen LogP contribution in [-0.4, -0.2) is 23.1 Å². The van der Waals surface area contributed by atoms with Gasteiger partial charge in [-0.15, -0.1) is 0 Å². The molecule has 1 heterocycles. The average molecular weight is 236 g/mol. The van der Waals surface area contributed by atoms with Crippen LogP contribution in [0.5, 0.6) is 5.75 Å². The number of rotatable bonds is 3. The van der Waals surface area contributed by atoms with Crippen molar-refractivity contribution in [2.45, 2.75) is 38.6 Å². The van der Waals surface area contributed by atoms with E-state index in [-0.39, 0.29) is 0 Å². The van der Waals surface area contributed by atoms with Crippen LogP contribution in [0.1, 0.15) is 32.6 Å². The number of hydrogen-bond donors (Lipinski definition) is 2. The van der Waals surface area contributed by atoms with Crippen molar-refractivity contribution in [2.75, 3.05) is 18.2 Å². The predicted molar refractivity (Wildman–Crippen MR) is 68.0 cm³/mol. The van der Waals surface area contributed by atoms with Gasteiger partial charge in [0, 0.05) is 6.04 Å². The summed E-state index contributed by atoms with van der Waals surface area (Å²) in [6, 6.07) is 0.460. The van der Waals surface area contributed by atoms with Gasteiger partial charge in [0.2, 0.25) is 5.75 Å². The van der Waals surface area contributed by atoms with Gasteiger partial charge in [0.15, 0.2) is 11.6 Å². The molecular weight excluding hydrogens is 216 g/mol. The second-order valence-electron chi connectivity index (χ2n) is 4.75. The Morgan fingerprint density at radius 3 is 2.94 bits per heavy atom. The smallest absolute Gasteiger partial charge is 0.203 e. The van der Waals surface area contributed by atoms with Crippen molar-refractivity contribution in [3.8, 4) is 5.75 Å². The molecule has 2 rings (SSSR count). The summed E-state index contributed by atoms with van der Waals surface area (Å²) in [5.74, 6) is 2.41. The van der Waals surface area contributed by atoms with Crippen molar-refractivity contribution < 1.29 is 4.74 Å². The molecule has 94 valence electrons. The van der Waals surface area contributed by atoms with E-state index in [4.69, 9.17) is 10.5 Å². The van der Waals surface area contributed by atoms with Gasteiger partial charge in [-0.25, -0.2) is 9.97 Å². The number of methoxy groups -OCH3 is 1. The molecular formula is C12H20N4O. The summed E-state index contributed by atoms with van der Waals surface area (Å²) in [5, 5.41) is 3.42. The second kappa shape index (κ2) is 5.21. The van der Waals surface area contributed by atoms with Crippen molar-refractivity contribution in [3.05, 3.63) is 6.33 Å². The van der Waals surface area contributed by atoms with Gasteiger partial charge in [-0.1, -0.05) is 19.8 Å². The lowest BCUT2D eigenvalue weighted by molar-refractivity contribution is 0.356. The van der Waals surface area contributed by atoms with Crippen LogP contribution in [0.25, 0.3) is 0 Å². The lowest BCUT2D eigenvalue weighted by Crippen LogP contribution is -2.27. The molecule has 17 heavy (non-hydrogen) atoms. The van der Waals surface area contributed by atoms with Crippen molar-refractivity contribution in [1.29, 1.82) is 0 Å². The van der Waals surface area contributed by atoms with Gasteiger partial charge in [0.05, 0.1) is 7.11 Å². The number of anilines is 2. The SMILES string of the molecule is COc1c(N)ncnc1NC1CCCC(C)C1. The molecule has 2 atom stereocenters. The number of nitrogens with zero attached hydrogens (tertiary/aromatic N) is 2. The maximum atomic E-state index is 5.75. The molecule has 5 heteroatoms. The average Bonchev–Trinajstić information content (AvgIpc) is 2.29. The highest BCUT2D eigenvalue weighted by atomic mass is 16.5. The van der Waals surface area contributed by atoms with Crippen molar-refractivity contribution in [3.63, 3.8) is 0 Å². The molecule has 1 aromatic heterocycles. The minimum absolute atomic E-state index is 0.383. The minimum Gasteiger partial charge on any atom is -0.490 e. The molecule has 0 aromatic carbocycles. The van der Waals surface area contributed by atoms with Gasteiger partial charge < -0.3 is 15.8 Å². The fourth-order valence-electron chi connectivity index (χ4n) is 2.45. The third-order valence-corrected chi connectivity index (χ3v) is 3.31. The van der Waals surface area contributed by atoms with E-state index in [1.54, 1.807) is 7.11 Å². The Hall–Kier alpha value is -1.52. The van der Waals surface area contributed by atoms with Gasteiger partial charge in [-0.3, -0.25) is 0 Å². The Balaban J connectivity index is 2.10. The molecule has 1 aliphatic carbocycles. The highest BCUT2D eigenvalue weighted by molar-refractivity contribution is 5.61. The molecule has 0 amide bonds. The van der Waals surface area contributed by atoms with E-state index in [9.17, 15) is 0 Å². The van der Waals surface area contributed by atoms with E-state index in [1.807, 2.05) is 0 Å². The van der Waals surface area contributed by atoms with Gasteiger partial charge in [-0.2, -0.15) is 0 Å². The zero-order valence-corrected chi connectivity index (χ0v) is 10.4. The Morgan fingerprint density at radius 1 is 1.41 bits per heavy atom. The Bertz CT molecular complexity index is 383. The molecule has 0 aliphatic heterocycles. The minimum atomic E-state index is 0.383. The van der Waals surface area contributed by atoms with Crippen LogP contribution >= 0.6 is 0 Å². The normalized spacial score (nSPS) is 24.4. The first kappa shape index (κ1) is 12.0.